The molecule has 0 fully saturated rings. The monoisotopic (exact) mass is 340 g/mol. The number of hydrogen-bond acceptors (Lipinski definition) is 2. The van der Waals surface area contributed by atoms with Crippen LogP contribution in [-0.2, 0) is 4.79 Å². The molecule has 0 aliphatic heterocycles. The summed E-state index contributed by atoms with van der Waals surface area (Å²) in [4.78, 5) is 25.3. The van der Waals surface area contributed by atoms with E-state index in [4.69, 9.17) is 0 Å². The Kier molecular flexibility index (Phi) is 7.30. The lowest BCUT2D eigenvalue weighted by molar-refractivity contribution is -0.129. The van der Waals surface area contributed by atoms with Gasteiger partial charge in [-0.1, -0.05) is 29.3 Å². The number of benzene rings is 1. The second kappa shape index (κ2) is 8.74. The molecule has 0 aliphatic rings. The van der Waals surface area contributed by atoms with Gasteiger partial charge in [0.1, 0.15) is 0 Å². The fourth-order valence-corrected chi connectivity index (χ4v) is 1.96. The van der Waals surface area contributed by atoms with E-state index in [1.54, 1.807) is 24.1 Å². The van der Waals surface area contributed by atoms with Crippen molar-refractivity contribution in [1.82, 2.24) is 10.2 Å². The minimum Gasteiger partial charge on any atom is -0.352 e. The molecule has 0 unspecified atom stereocenters. The lowest BCUT2D eigenvalue weighted by atomic mass is 10.2. The zero-order valence-electron chi connectivity index (χ0n) is 12.0. The largest absolute Gasteiger partial charge is 0.352 e. The molecule has 110 valence electrons. The molecule has 0 saturated heterocycles. The van der Waals surface area contributed by atoms with E-state index in [1.807, 2.05) is 12.1 Å². The molecule has 1 aromatic rings. The molecule has 0 heterocycles. The van der Waals surface area contributed by atoms with E-state index in [1.165, 1.54) is 0 Å². The molecule has 0 radical (unpaired) electrons. The molecule has 0 saturated carbocycles. The molecule has 20 heavy (non-hydrogen) atoms. The SMILES string of the molecule is CCCCN(C)C(=O)CCNC(=O)c1ccc(Br)cc1. The normalized spacial score (nSPS) is 10.2. The molecular weight excluding hydrogens is 320 g/mol. The van der Waals surface area contributed by atoms with Gasteiger partial charge in [0, 0.05) is 36.6 Å². The summed E-state index contributed by atoms with van der Waals surface area (Å²) in [5, 5.41) is 2.76. The number of carbonyl (C=O) groups excluding carboxylic acids is 2. The predicted octanol–water partition coefficient (Wildman–Crippen LogP) is 2.83. The van der Waals surface area contributed by atoms with Crippen molar-refractivity contribution in [2.75, 3.05) is 20.1 Å². The van der Waals surface area contributed by atoms with Crippen molar-refractivity contribution in [3.63, 3.8) is 0 Å². The first-order chi connectivity index (χ1) is 9.54. The van der Waals surface area contributed by atoms with Crippen molar-refractivity contribution in [2.45, 2.75) is 26.2 Å². The van der Waals surface area contributed by atoms with E-state index < -0.39 is 0 Å². The first-order valence-electron chi connectivity index (χ1n) is 6.82. The van der Waals surface area contributed by atoms with Crippen LogP contribution in [0.2, 0.25) is 0 Å². The zero-order chi connectivity index (χ0) is 15.0. The standard InChI is InChI=1S/C15H21BrN2O2/c1-3-4-11-18(2)14(19)9-10-17-15(20)12-5-7-13(16)8-6-12/h5-8H,3-4,9-11H2,1-2H3,(H,17,20). The topological polar surface area (TPSA) is 49.4 Å². The Morgan fingerprint density at radius 2 is 1.90 bits per heavy atom. The van der Waals surface area contributed by atoms with Gasteiger partial charge in [-0.05, 0) is 30.7 Å². The van der Waals surface area contributed by atoms with Gasteiger partial charge < -0.3 is 10.2 Å². The Morgan fingerprint density at radius 1 is 1.25 bits per heavy atom. The number of unbranched alkanes of at least 4 members (excludes halogenated alkanes) is 1. The van der Waals surface area contributed by atoms with Crippen molar-refractivity contribution < 1.29 is 9.59 Å². The molecule has 1 N–H and O–H groups in total. The van der Waals surface area contributed by atoms with Crippen LogP contribution >= 0.6 is 15.9 Å². The maximum atomic E-state index is 11.8. The lowest BCUT2D eigenvalue weighted by Gasteiger charge is -2.16. The quantitative estimate of drug-likeness (QED) is 0.829. The second-order valence-corrected chi connectivity index (χ2v) is 5.60. The van der Waals surface area contributed by atoms with Crippen LogP contribution in [0.1, 0.15) is 36.5 Å². The number of carbonyl (C=O) groups is 2. The van der Waals surface area contributed by atoms with Crippen LogP contribution in [0.25, 0.3) is 0 Å². The molecule has 0 atom stereocenters. The highest BCUT2D eigenvalue weighted by Gasteiger charge is 2.09. The molecule has 0 aliphatic carbocycles. The summed E-state index contributed by atoms with van der Waals surface area (Å²) in [5.74, 6) is -0.0870. The molecule has 5 heteroatoms. The highest BCUT2D eigenvalue weighted by Crippen LogP contribution is 2.10. The second-order valence-electron chi connectivity index (χ2n) is 4.68. The Bertz CT molecular complexity index is 446. The van der Waals surface area contributed by atoms with Gasteiger partial charge >= 0.3 is 0 Å². The molecule has 1 aromatic carbocycles. The number of halogens is 1. The van der Waals surface area contributed by atoms with Gasteiger partial charge in [0.25, 0.3) is 5.91 Å². The van der Waals surface area contributed by atoms with E-state index in [9.17, 15) is 9.59 Å². The Hall–Kier alpha value is -1.36. The van der Waals surface area contributed by atoms with Gasteiger partial charge in [0.2, 0.25) is 5.91 Å². The minimum absolute atomic E-state index is 0.0644. The number of hydrogen-bond donors (Lipinski definition) is 1. The van der Waals surface area contributed by atoms with Crippen LogP contribution in [0, 0.1) is 0 Å². The summed E-state index contributed by atoms with van der Waals surface area (Å²) in [6.07, 6.45) is 2.41. The Morgan fingerprint density at radius 3 is 2.50 bits per heavy atom. The smallest absolute Gasteiger partial charge is 0.251 e. The van der Waals surface area contributed by atoms with Gasteiger partial charge in [0.15, 0.2) is 0 Å². The number of nitrogens with one attached hydrogen (secondary N) is 1. The maximum Gasteiger partial charge on any atom is 0.251 e. The van der Waals surface area contributed by atoms with Gasteiger partial charge in [-0.15, -0.1) is 0 Å². The predicted molar refractivity (Wildman–Crippen MR) is 83.6 cm³/mol. The molecule has 0 bridgehead atoms. The molecule has 2 amide bonds. The van der Waals surface area contributed by atoms with E-state index in [0.29, 0.717) is 18.5 Å². The lowest BCUT2D eigenvalue weighted by Crippen LogP contribution is -2.32. The average molecular weight is 341 g/mol. The van der Waals surface area contributed by atoms with Crippen LogP contribution in [0.15, 0.2) is 28.7 Å². The van der Waals surface area contributed by atoms with Crippen molar-refractivity contribution >= 4 is 27.7 Å². The van der Waals surface area contributed by atoms with Crippen LogP contribution in [0.5, 0.6) is 0 Å². The third kappa shape index (κ3) is 5.74. The Labute approximate surface area is 128 Å². The molecular formula is C15H21BrN2O2. The highest BCUT2D eigenvalue weighted by atomic mass is 79.9. The third-order valence-corrected chi connectivity index (χ3v) is 3.53. The summed E-state index contributed by atoms with van der Waals surface area (Å²) in [6.45, 7) is 3.23. The number of amides is 2. The van der Waals surface area contributed by atoms with Gasteiger partial charge in [-0.3, -0.25) is 9.59 Å². The van der Waals surface area contributed by atoms with Crippen molar-refractivity contribution in [3.05, 3.63) is 34.3 Å². The van der Waals surface area contributed by atoms with E-state index in [-0.39, 0.29) is 11.8 Å². The summed E-state index contributed by atoms with van der Waals surface area (Å²) >= 11 is 3.32. The van der Waals surface area contributed by atoms with Crippen LogP contribution in [0.4, 0.5) is 0 Å². The van der Waals surface area contributed by atoms with E-state index in [0.717, 1.165) is 23.9 Å². The Balaban J connectivity index is 2.31. The van der Waals surface area contributed by atoms with Gasteiger partial charge in [-0.25, -0.2) is 0 Å². The average Bonchev–Trinajstić information content (AvgIpc) is 2.45. The first kappa shape index (κ1) is 16.7. The summed E-state index contributed by atoms with van der Waals surface area (Å²) in [7, 11) is 1.80. The molecule has 0 spiro atoms. The van der Waals surface area contributed by atoms with Crippen LogP contribution < -0.4 is 5.32 Å². The van der Waals surface area contributed by atoms with Crippen molar-refractivity contribution in [3.8, 4) is 0 Å². The van der Waals surface area contributed by atoms with E-state index >= 15 is 0 Å². The third-order valence-electron chi connectivity index (χ3n) is 3.00. The maximum absolute atomic E-state index is 11.8. The van der Waals surface area contributed by atoms with Crippen molar-refractivity contribution in [1.29, 1.82) is 0 Å². The highest BCUT2D eigenvalue weighted by molar-refractivity contribution is 9.10. The van der Waals surface area contributed by atoms with E-state index in [2.05, 4.69) is 28.2 Å². The summed E-state index contributed by atoms with van der Waals surface area (Å²) < 4.78 is 0.932. The van der Waals surface area contributed by atoms with Crippen molar-refractivity contribution in [2.24, 2.45) is 0 Å². The summed E-state index contributed by atoms with van der Waals surface area (Å²) in [5.41, 5.74) is 0.597. The van der Waals surface area contributed by atoms with Crippen LogP contribution in [-0.4, -0.2) is 36.9 Å². The number of nitrogens with zero attached hydrogens (tertiary/aromatic N) is 1. The molecule has 1 rings (SSSR count). The van der Waals surface area contributed by atoms with Gasteiger partial charge in [0.05, 0.1) is 0 Å². The van der Waals surface area contributed by atoms with Crippen LogP contribution in [0.3, 0.4) is 0 Å². The van der Waals surface area contributed by atoms with Gasteiger partial charge in [-0.2, -0.15) is 0 Å². The summed E-state index contributed by atoms with van der Waals surface area (Å²) in [6, 6.07) is 7.13. The molecule has 0 aromatic heterocycles. The fourth-order valence-electron chi connectivity index (χ4n) is 1.70. The number of rotatable bonds is 7. The first-order valence-corrected chi connectivity index (χ1v) is 7.61. The molecule has 4 nitrogen and oxygen atoms in total. The minimum atomic E-state index is -0.151. The zero-order valence-corrected chi connectivity index (χ0v) is 13.6. The fraction of sp³-hybridized carbons (Fsp3) is 0.467.